The standard InChI is InChI=1S/C18H18ClNO4S/c1-11-3-5-14(13(19)9-11)20-17(22)10-24-18(23)8-6-15(21)16-7-4-12(2)25-16/h3-5,7,9H,6,8,10H2,1-2H3,(H,20,22). The molecule has 25 heavy (non-hydrogen) atoms. The van der Waals surface area contributed by atoms with Crippen molar-refractivity contribution in [2.24, 2.45) is 0 Å². The minimum absolute atomic E-state index is 0.0597. The van der Waals surface area contributed by atoms with Crippen LogP contribution in [0.15, 0.2) is 30.3 Å². The largest absolute Gasteiger partial charge is 0.456 e. The zero-order chi connectivity index (χ0) is 18.4. The van der Waals surface area contributed by atoms with Crippen molar-refractivity contribution >= 4 is 46.3 Å². The quantitative estimate of drug-likeness (QED) is 0.579. The molecule has 132 valence electrons. The maximum absolute atomic E-state index is 11.9. The number of nitrogens with one attached hydrogen (secondary N) is 1. The van der Waals surface area contributed by atoms with Crippen LogP contribution in [0.5, 0.6) is 0 Å². The summed E-state index contributed by atoms with van der Waals surface area (Å²) in [6.45, 7) is 3.38. The Morgan fingerprint density at radius 1 is 1.12 bits per heavy atom. The van der Waals surface area contributed by atoms with Gasteiger partial charge in [-0.3, -0.25) is 14.4 Å². The van der Waals surface area contributed by atoms with Crippen LogP contribution in [-0.2, 0) is 14.3 Å². The van der Waals surface area contributed by atoms with Crippen LogP contribution in [0.1, 0.15) is 33.0 Å². The van der Waals surface area contributed by atoms with E-state index in [1.165, 1.54) is 11.3 Å². The lowest BCUT2D eigenvalue weighted by Crippen LogP contribution is -2.21. The molecule has 0 fully saturated rings. The van der Waals surface area contributed by atoms with Crippen molar-refractivity contribution in [3.8, 4) is 0 Å². The summed E-state index contributed by atoms with van der Waals surface area (Å²) in [6.07, 6.45) is -0.00144. The third-order valence-corrected chi connectivity index (χ3v) is 4.69. The lowest BCUT2D eigenvalue weighted by atomic mass is 10.2. The van der Waals surface area contributed by atoms with Gasteiger partial charge in [0.15, 0.2) is 12.4 Å². The maximum Gasteiger partial charge on any atom is 0.306 e. The summed E-state index contributed by atoms with van der Waals surface area (Å²) in [5.74, 6) is -1.18. The van der Waals surface area contributed by atoms with Crippen LogP contribution in [-0.4, -0.2) is 24.3 Å². The summed E-state index contributed by atoms with van der Waals surface area (Å²) < 4.78 is 4.89. The van der Waals surface area contributed by atoms with E-state index in [1.54, 1.807) is 18.2 Å². The Kier molecular flexibility index (Phi) is 6.73. The van der Waals surface area contributed by atoms with E-state index in [0.717, 1.165) is 10.4 Å². The van der Waals surface area contributed by atoms with Gasteiger partial charge in [0.1, 0.15) is 0 Å². The first-order chi connectivity index (χ1) is 11.8. The molecule has 0 saturated heterocycles. The zero-order valence-electron chi connectivity index (χ0n) is 13.9. The number of halogens is 1. The van der Waals surface area contributed by atoms with E-state index in [1.807, 2.05) is 26.0 Å². The molecule has 1 heterocycles. The van der Waals surface area contributed by atoms with Crippen LogP contribution in [0.2, 0.25) is 5.02 Å². The molecule has 0 atom stereocenters. The molecule has 0 aliphatic heterocycles. The summed E-state index contributed by atoms with van der Waals surface area (Å²) in [7, 11) is 0. The second-order valence-electron chi connectivity index (χ2n) is 5.53. The summed E-state index contributed by atoms with van der Waals surface area (Å²) in [4.78, 5) is 37.1. The molecular formula is C18H18ClNO4S. The number of Topliss-reactive ketones (excluding diaryl/α,β-unsaturated/α-hetero) is 1. The number of hydrogen-bond acceptors (Lipinski definition) is 5. The molecule has 0 radical (unpaired) electrons. The highest BCUT2D eigenvalue weighted by molar-refractivity contribution is 7.14. The van der Waals surface area contributed by atoms with E-state index in [9.17, 15) is 14.4 Å². The van der Waals surface area contributed by atoms with Gasteiger partial charge in [-0.15, -0.1) is 11.3 Å². The van der Waals surface area contributed by atoms with Gasteiger partial charge in [-0.1, -0.05) is 17.7 Å². The molecule has 0 spiro atoms. The van der Waals surface area contributed by atoms with Gasteiger partial charge < -0.3 is 10.1 Å². The van der Waals surface area contributed by atoms with E-state index < -0.39 is 18.5 Å². The van der Waals surface area contributed by atoms with Crippen LogP contribution < -0.4 is 5.32 Å². The summed E-state index contributed by atoms with van der Waals surface area (Å²) in [5.41, 5.74) is 1.43. The highest BCUT2D eigenvalue weighted by Crippen LogP contribution is 2.22. The highest BCUT2D eigenvalue weighted by atomic mass is 35.5. The lowest BCUT2D eigenvalue weighted by Gasteiger charge is -2.08. The summed E-state index contributed by atoms with van der Waals surface area (Å²) in [6, 6.07) is 8.81. The minimum Gasteiger partial charge on any atom is -0.456 e. The third kappa shape index (κ3) is 5.99. The Hall–Kier alpha value is -2.18. The molecule has 5 nitrogen and oxygen atoms in total. The molecule has 0 aliphatic rings. The van der Waals surface area contributed by atoms with E-state index >= 15 is 0 Å². The number of carbonyl (C=O) groups excluding carboxylic acids is 3. The fourth-order valence-corrected chi connectivity index (χ4v) is 3.17. The first-order valence-corrected chi connectivity index (χ1v) is 8.86. The Bertz CT molecular complexity index is 800. The maximum atomic E-state index is 11.9. The molecule has 2 aromatic rings. The molecule has 0 unspecified atom stereocenters. The topological polar surface area (TPSA) is 72.5 Å². The first kappa shape index (κ1) is 19.1. The number of anilines is 1. The van der Waals surface area contributed by atoms with Gasteiger partial charge in [0, 0.05) is 11.3 Å². The SMILES string of the molecule is Cc1ccc(NC(=O)COC(=O)CCC(=O)c2ccc(C)s2)c(Cl)c1. The van der Waals surface area contributed by atoms with Crippen LogP contribution in [0.3, 0.4) is 0 Å². The molecule has 7 heteroatoms. The number of carbonyl (C=O) groups is 3. The predicted molar refractivity (Wildman–Crippen MR) is 98.4 cm³/mol. The van der Waals surface area contributed by atoms with Crippen LogP contribution in [0.25, 0.3) is 0 Å². The summed E-state index contributed by atoms with van der Waals surface area (Å²) >= 11 is 7.41. The molecule has 0 bridgehead atoms. The van der Waals surface area contributed by atoms with E-state index in [-0.39, 0.29) is 18.6 Å². The molecule has 0 saturated carbocycles. The molecular weight excluding hydrogens is 362 g/mol. The number of amides is 1. The number of ketones is 1. The molecule has 1 aromatic carbocycles. The fourth-order valence-electron chi connectivity index (χ4n) is 2.05. The molecule has 2 rings (SSSR count). The van der Waals surface area contributed by atoms with Crippen molar-refractivity contribution in [2.45, 2.75) is 26.7 Å². The number of hydrogen-bond donors (Lipinski definition) is 1. The van der Waals surface area contributed by atoms with E-state index in [2.05, 4.69) is 5.32 Å². The van der Waals surface area contributed by atoms with E-state index in [0.29, 0.717) is 15.6 Å². The smallest absolute Gasteiger partial charge is 0.306 e. The number of esters is 1. The second kappa shape index (κ2) is 8.78. The average molecular weight is 380 g/mol. The Morgan fingerprint density at radius 2 is 1.88 bits per heavy atom. The fraction of sp³-hybridized carbons (Fsp3) is 0.278. The monoisotopic (exact) mass is 379 g/mol. The Labute approximate surface area is 154 Å². The minimum atomic E-state index is -0.591. The predicted octanol–water partition coefficient (Wildman–Crippen LogP) is 4.16. The Balaban J connectivity index is 1.74. The average Bonchev–Trinajstić information content (AvgIpc) is 3.00. The number of ether oxygens (including phenoxy) is 1. The summed E-state index contributed by atoms with van der Waals surface area (Å²) in [5, 5.41) is 2.99. The first-order valence-electron chi connectivity index (χ1n) is 7.66. The van der Waals surface area contributed by atoms with Crippen molar-refractivity contribution in [3.63, 3.8) is 0 Å². The zero-order valence-corrected chi connectivity index (χ0v) is 15.5. The number of benzene rings is 1. The van der Waals surface area contributed by atoms with Gasteiger partial charge in [0.2, 0.25) is 0 Å². The third-order valence-electron chi connectivity index (χ3n) is 3.33. The molecule has 1 amide bonds. The van der Waals surface area contributed by atoms with Crippen molar-refractivity contribution in [1.29, 1.82) is 0 Å². The van der Waals surface area contributed by atoms with Gasteiger partial charge in [0.05, 0.1) is 22.0 Å². The van der Waals surface area contributed by atoms with Crippen molar-refractivity contribution in [1.82, 2.24) is 0 Å². The van der Waals surface area contributed by atoms with Gasteiger partial charge in [-0.25, -0.2) is 0 Å². The molecule has 1 aromatic heterocycles. The van der Waals surface area contributed by atoms with Gasteiger partial charge in [-0.2, -0.15) is 0 Å². The lowest BCUT2D eigenvalue weighted by molar-refractivity contribution is -0.147. The number of rotatable bonds is 7. The van der Waals surface area contributed by atoms with Crippen LogP contribution in [0.4, 0.5) is 5.69 Å². The van der Waals surface area contributed by atoms with Crippen LogP contribution >= 0.6 is 22.9 Å². The van der Waals surface area contributed by atoms with Gasteiger partial charge >= 0.3 is 5.97 Å². The number of aryl methyl sites for hydroxylation is 2. The molecule has 1 N–H and O–H groups in total. The second-order valence-corrected chi connectivity index (χ2v) is 7.22. The van der Waals surface area contributed by atoms with Crippen molar-refractivity contribution in [3.05, 3.63) is 50.7 Å². The molecule has 0 aliphatic carbocycles. The van der Waals surface area contributed by atoms with E-state index in [4.69, 9.17) is 16.3 Å². The van der Waals surface area contributed by atoms with Crippen molar-refractivity contribution < 1.29 is 19.1 Å². The highest BCUT2D eigenvalue weighted by Gasteiger charge is 2.13. The normalized spacial score (nSPS) is 10.4. The van der Waals surface area contributed by atoms with Crippen molar-refractivity contribution in [2.75, 3.05) is 11.9 Å². The Morgan fingerprint density at radius 3 is 2.52 bits per heavy atom. The van der Waals surface area contributed by atoms with Gasteiger partial charge in [-0.05, 0) is 43.7 Å². The van der Waals surface area contributed by atoms with Crippen LogP contribution in [0, 0.1) is 13.8 Å². The number of thiophene rings is 1. The van der Waals surface area contributed by atoms with Gasteiger partial charge in [0.25, 0.3) is 5.91 Å².